The van der Waals surface area contributed by atoms with Crippen molar-refractivity contribution in [2.24, 2.45) is 0 Å². The minimum absolute atomic E-state index is 0.0776. The Morgan fingerprint density at radius 3 is 2.37 bits per heavy atom. The van der Waals surface area contributed by atoms with E-state index in [9.17, 15) is 13.2 Å². The molecule has 0 saturated carbocycles. The highest BCUT2D eigenvalue weighted by atomic mass is 32.2. The summed E-state index contributed by atoms with van der Waals surface area (Å²) in [7, 11) is -3.84. The standard InChI is InChI=1S/C13H18O5S/c1-4-17-13(14)9-11(3)18-19(15,16)12-7-5-10(2)6-8-12/h5-8,11H,4,9H2,1-3H3/t11-/m1/s1. The molecule has 0 heterocycles. The third-order valence-corrected chi connectivity index (χ3v) is 3.79. The van der Waals surface area contributed by atoms with E-state index in [0.717, 1.165) is 5.56 Å². The van der Waals surface area contributed by atoms with Crippen molar-refractivity contribution in [2.75, 3.05) is 6.61 Å². The highest BCUT2D eigenvalue weighted by molar-refractivity contribution is 7.86. The number of hydrogen-bond acceptors (Lipinski definition) is 5. The van der Waals surface area contributed by atoms with Crippen LogP contribution in [0.3, 0.4) is 0 Å². The fraction of sp³-hybridized carbons (Fsp3) is 0.462. The van der Waals surface area contributed by atoms with Gasteiger partial charge in [0, 0.05) is 0 Å². The molecule has 0 fully saturated rings. The molecule has 0 amide bonds. The van der Waals surface area contributed by atoms with Gasteiger partial charge in [-0.3, -0.25) is 8.98 Å². The number of carbonyl (C=O) groups is 1. The first-order valence-electron chi connectivity index (χ1n) is 6.00. The van der Waals surface area contributed by atoms with Gasteiger partial charge in [0.15, 0.2) is 0 Å². The van der Waals surface area contributed by atoms with E-state index >= 15 is 0 Å². The van der Waals surface area contributed by atoms with Gasteiger partial charge >= 0.3 is 5.97 Å². The number of esters is 1. The molecule has 1 aromatic rings. The number of hydrogen-bond donors (Lipinski definition) is 0. The Hall–Kier alpha value is -1.40. The predicted molar refractivity (Wildman–Crippen MR) is 70.2 cm³/mol. The molecule has 6 heteroatoms. The SMILES string of the molecule is CCOC(=O)C[C@@H](C)OS(=O)(=O)c1ccc(C)cc1. The lowest BCUT2D eigenvalue weighted by Gasteiger charge is -2.12. The van der Waals surface area contributed by atoms with Gasteiger partial charge in [0.25, 0.3) is 10.1 Å². The van der Waals surface area contributed by atoms with Gasteiger partial charge in [-0.2, -0.15) is 8.42 Å². The lowest BCUT2D eigenvalue weighted by Crippen LogP contribution is -2.20. The van der Waals surface area contributed by atoms with Gasteiger partial charge in [-0.25, -0.2) is 0 Å². The maximum atomic E-state index is 11.9. The van der Waals surface area contributed by atoms with Crippen LogP contribution < -0.4 is 0 Å². The second-order valence-corrected chi connectivity index (χ2v) is 5.76. The molecule has 19 heavy (non-hydrogen) atoms. The van der Waals surface area contributed by atoms with Crippen molar-refractivity contribution in [3.63, 3.8) is 0 Å². The van der Waals surface area contributed by atoms with E-state index in [1.165, 1.54) is 19.1 Å². The maximum absolute atomic E-state index is 11.9. The molecule has 0 radical (unpaired) electrons. The molecule has 0 spiro atoms. The van der Waals surface area contributed by atoms with E-state index in [2.05, 4.69) is 0 Å². The average molecular weight is 286 g/mol. The van der Waals surface area contributed by atoms with Gasteiger partial charge < -0.3 is 4.74 Å². The third kappa shape index (κ3) is 5.00. The topological polar surface area (TPSA) is 69.7 Å². The normalized spacial score (nSPS) is 13.0. The Morgan fingerprint density at radius 1 is 1.26 bits per heavy atom. The second kappa shape index (κ2) is 6.68. The molecule has 0 unspecified atom stereocenters. The lowest BCUT2D eigenvalue weighted by molar-refractivity contribution is -0.144. The first kappa shape index (κ1) is 15.7. The zero-order valence-corrected chi connectivity index (χ0v) is 12.1. The Labute approximate surface area is 113 Å². The van der Waals surface area contributed by atoms with Crippen LogP contribution >= 0.6 is 0 Å². The van der Waals surface area contributed by atoms with Crippen molar-refractivity contribution in [3.8, 4) is 0 Å². The number of benzene rings is 1. The summed E-state index contributed by atoms with van der Waals surface area (Å²) < 4.78 is 33.5. The number of ether oxygens (including phenoxy) is 1. The molecule has 0 aliphatic heterocycles. The molecule has 0 aliphatic carbocycles. The van der Waals surface area contributed by atoms with Gasteiger partial charge in [0.1, 0.15) is 0 Å². The lowest BCUT2D eigenvalue weighted by atomic mass is 10.2. The van der Waals surface area contributed by atoms with Crippen LogP contribution in [-0.4, -0.2) is 27.1 Å². The fourth-order valence-corrected chi connectivity index (χ4v) is 2.55. The van der Waals surface area contributed by atoms with Crippen LogP contribution in [0.1, 0.15) is 25.8 Å². The maximum Gasteiger partial charge on any atom is 0.308 e. The van der Waals surface area contributed by atoms with Crippen LogP contribution in [0, 0.1) is 6.92 Å². The van der Waals surface area contributed by atoms with Crippen molar-refractivity contribution in [2.45, 2.75) is 38.2 Å². The summed E-state index contributed by atoms with van der Waals surface area (Å²) >= 11 is 0. The third-order valence-electron chi connectivity index (χ3n) is 2.36. The molecule has 0 N–H and O–H groups in total. The highest BCUT2D eigenvalue weighted by Gasteiger charge is 2.21. The van der Waals surface area contributed by atoms with Gasteiger partial charge in [-0.05, 0) is 32.9 Å². The molecule has 1 aromatic carbocycles. The summed E-state index contributed by atoms with van der Waals surface area (Å²) in [6.45, 7) is 5.33. The largest absolute Gasteiger partial charge is 0.466 e. The molecule has 0 saturated heterocycles. The fourth-order valence-electron chi connectivity index (χ4n) is 1.47. The zero-order valence-electron chi connectivity index (χ0n) is 11.3. The van der Waals surface area contributed by atoms with Crippen LogP contribution in [0.15, 0.2) is 29.2 Å². The Bertz CT molecular complexity index is 518. The summed E-state index contributed by atoms with van der Waals surface area (Å²) in [5.74, 6) is -0.478. The average Bonchev–Trinajstić information content (AvgIpc) is 2.28. The van der Waals surface area contributed by atoms with Crippen LogP contribution in [0.5, 0.6) is 0 Å². The van der Waals surface area contributed by atoms with Crippen LogP contribution in [0.2, 0.25) is 0 Å². The summed E-state index contributed by atoms with van der Waals surface area (Å²) in [5.41, 5.74) is 0.957. The molecule has 106 valence electrons. The predicted octanol–water partition coefficient (Wildman–Crippen LogP) is 2.04. The molecular weight excluding hydrogens is 268 g/mol. The van der Waals surface area contributed by atoms with Crippen molar-refractivity contribution in [1.29, 1.82) is 0 Å². The quantitative estimate of drug-likeness (QED) is 0.591. The summed E-state index contributed by atoms with van der Waals surface area (Å²) in [4.78, 5) is 11.3. The summed E-state index contributed by atoms with van der Waals surface area (Å²) in [5, 5.41) is 0. The van der Waals surface area contributed by atoms with Crippen molar-refractivity contribution in [1.82, 2.24) is 0 Å². The highest BCUT2D eigenvalue weighted by Crippen LogP contribution is 2.16. The monoisotopic (exact) mass is 286 g/mol. The second-order valence-electron chi connectivity index (χ2n) is 4.18. The molecule has 5 nitrogen and oxygen atoms in total. The van der Waals surface area contributed by atoms with Gasteiger partial charge in [0.05, 0.1) is 24.0 Å². The van der Waals surface area contributed by atoms with Crippen molar-refractivity contribution in [3.05, 3.63) is 29.8 Å². The first-order chi connectivity index (χ1) is 8.85. The van der Waals surface area contributed by atoms with Crippen LogP contribution in [-0.2, 0) is 23.8 Å². The van der Waals surface area contributed by atoms with E-state index in [4.69, 9.17) is 8.92 Å². The smallest absolute Gasteiger partial charge is 0.308 e. The van der Waals surface area contributed by atoms with Gasteiger partial charge in [0.2, 0.25) is 0 Å². The van der Waals surface area contributed by atoms with E-state index < -0.39 is 22.2 Å². The molecule has 0 bridgehead atoms. The summed E-state index contributed by atoms with van der Waals surface area (Å²) in [6.07, 6.45) is -0.857. The van der Waals surface area contributed by atoms with Crippen molar-refractivity contribution >= 4 is 16.1 Å². The molecular formula is C13H18O5S. The zero-order chi connectivity index (χ0) is 14.5. The molecule has 0 aliphatic rings. The Balaban J connectivity index is 2.69. The number of aryl methyl sites for hydroxylation is 1. The molecule has 1 rings (SSSR count). The Morgan fingerprint density at radius 2 is 1.84 bits per heavy atom. The minimum Gasteiger partial charge on any atom is -0.466 e. The summed E-state index contributed by atoms with van der Waals surface area (Å²) in [6, 6.07) is 6.32. The van der Waals surface area contributed by atoms with E-state index in [1.807, 2.05) is 6.92 Å². The van der Waals surface area contributed by atoms with Crippen LogP contribution in [0.25, 0.3) is 0 Å². The first-order valence-corrected chi connectivity index (χ1v) is 7.41. The van der Waals surface area contributed by atoms with E-state index in [-0.39, 0.29) is 17.9 Å². The molecule has 1 atom stereocenters. The Kier molecular flexibility index (Phi) is 5.50. The molecule has 0 aromatic heterocycles. The van der Waals surface area contributed by atoms with Gasteiger partial charge in [-0.15, -0.1) is 0 Å². The van der Waals surface area contributed by atoms with Gasteiger partial charge in [-0.1, -0.05) is 17.7 Å². The minimum atomic E-state index is -3.84. The van der Waals surface area contributed by atoms with E-state index in [1.54, 1.807) is 19.1 Å². The van der Waals surface area contributed by atoms with Crippen LogP contribution in [0.4, 0.5) is 0 Å². The van der Waals surface area contributed by atoms with E-state index in [0.29, 0.717) is 0 Å². The number of carbonyl (C=O) groups excluding carboxylic acids is 1. The van der Waals surface area contributed by atoms with Crippen molar-refractivity contribution < 1.29 is 22.1 Å². The number of rotatable bonds is 6.